The Kier molecular flexibility index (Phi) is 12.8. The van der Waals surface area contributed by atoms with Crippen LogP contribution in [-0.4, -0.2) is 69.1 Å². The number of nitrogens with one attached hydrogen (secondary N) is 3. The monoisotopic (exact) mass is 585 g/mol. The van der Waals surface area contributed by atoms with E-state index in [1.165, 1.54) is 36.4 Å². The van der Waals surface area contributed by atoms with E-state index in [0.717, 1.165) is 0 Å². The molecule has 13 heteroatoms. The fourth-order valence-corrected chi connectivity index (χ4v) is 4.13. The topological polar surface area (TPSA) is 234 Å². The number of nitrogens with two attached hydrogens (primary N) is 2. The molecule has 2 aromatic rings. The maximum atomic E-state index is 13.3. The first-order valence-corrected chi connectivity index (χ1v) is 13.5. The predicted molar refractivity (Wildman–Crippen MR) is 153 cm³/mol. The number of hydrogen-bond donors (Lipinski definition) is 8. The van der Waals surface area contributed by atoms with Crippen molar-refractivity contribution in [2.75, 3.05) is 0 Å². The summed E-state index contributed by atoms with van der Waals surface area (Å²) in [5, 5.41) is 36.1. The van der Waals surface area contributed by atoms with Crippen LogP contribution in [0.2, 0.25) is 0 Å². The number of carbonyl (C=O) groups excluding carboxylic acids is 4. The number of carboxylic acid groups (broad SMARTS) is 1. The van der Waals surface area contributed by atoms with Crippen molar-refractivity contribution in [3.63, 3.8) is 0 Å². The average Bonchev–Trinajstić information content (AvgIpc) is 2.91. The number of carboxylic acids is 1. The molecule has 0 bridgehead atoms. The lowest BCUT2D eigenvalue weighted by Gasteiger charge is -2.26. The highest BCUT2D eigenvalue weighted by Crippen LogP contribution is 2.13. The van der Waals surface area contributed by atoms with Crippen LogP contribution in [0.3, 0.4) is 0 Å². The summed E-state index contributed by atoms with van der Waals surface area (Å²) in [7, 11) is 0. The van der Waals surface area contributed by atoms with Crippen molar-refractivity contribution >= 4 is 29.6 Å². The summed E-state index contributed by atoms with van der Waals surface area (Å²) < 4.78 is 0. The quantitative estimate of drug-likeness (QED) is 0.133. The van der Waals surface area contributed by atoms with E-state index >= 15 is 0 Å². The molecule has 0 heterocycles. The first-order valence-electron chi connectivity index (χ1n) is 13.5. The number of carbonyl (C=O) groups is 5. The lowest BCUT2D eigenvalue weighted by molar-refractivity contribution is -0.142. The largest absolute Gasteiger partial charge is 0.508 e. The highest BCUT2D eigenvalue weighted by Gasteiger charge is 2.31. The van der Waals surface area contributed by atoms with Gasteiger partial charge in [0.2, 0.25) is 23.6 Å². The van der Waals surface area contributed by atoms with Gasteiger partial charge in [-0.15, -0.1) is 0 Å². The molecule has 0 fully saturated rings. The molecule has 0 aliphatic carbocycles. The molecular formula is C29H39N5O8. The molecule has 42 heavy (non-hydrogen) atoms. The maximum absolute atomic E-state index is 13.3. The first-order chi connectivity index (χ1) is 19.7. The van der Waals surface area contributed by atoms with Gasteiger partial charge in [0.1, 0.15) is 29.6 Å². The van der Waals surface area contributed by atoms with Crippen LogP contribution in [-0.2, 0) is 36.8 Å². The second-order valence-electron chi connectivity index (χ2n) is 10.5. The van der Waals surface area contributed by atoms with Crippen molar-refractivity contribution in [3.8, 4) is 11.5 Å². The van der Waals surface area contributed by atoms with Gasteiger partial charge < -0.3 is 42.7 Å². The zero-order valence-electron chi connectivity index (χ0n) is 23.6. The highest BCUT2D eigenvalue weighted by atomic mass is 16.4. The van der Waals surface area contributed by atoms with Crippen molar-refractivity contribution in [2.24, 2.45) is 17.4 Å². The Morgan fingerprint density at radius 2 is 1.17 bits per heavy atom. The maximum Gasteiger partial charge on any atom is 0.326 e. The molecule has 0 saturated heterocycles. The highest BCUT2D eigenvalue weighted by molar-refractivity contribution is 5.94. The van der Waals surface area contributed by atoms with E-state index in [9.17, 15) is 39.3 Å². The van der Waals surface area contributed by atoms with Crippen molar-refractivity contribution in [3.05, 3.63) is 59.7 Å². The minimum atomic E-state index is -1.38. The molecule has 0 spiro atoms. The molecule has 2 rings (SSSR count). The van der Waals surface area contributed by atoms with Gasteiger partial charge in [0.15, 0.2) is 0 Å². The number of benzene rings is 2. The fraction of sp³-hybridized carbons (Fsp3) is 0.414. The van der Waals surface area contributed by atoms with Gasteiger partial charge in [0, 0.05) is 12.8 Å². The summed E-state index contributed by atoms with van der Waals surface area (Å²) in [5.74, 6) is -4.23. The number of amides is 4. The number of rotatable bonds is 16. The smallest absolute Gasteiger partial charge is 0.326 e. The number of aromatic hydroxyl groups is 2. The fourth-order valence-electron chi connectivity index (χ4n) is 4.13. The third-order valence-electron chi connectivity index (χ3n) is 6.37. The van der Waals surface area contributed by atoms with Crippen LogP contribution in [0, 0.1) is 5.92 Å². The Balaban J connectivity index is 2.15. The van der Waals surface area contributed by atoms with Gasteiger partial charge in [-0.25, -0.2) is 4.79 Å². The summed E-state index contributed by atoms with van der Waals surface area (Å²) >= 11 is 0. The molecular weight excluding hydrogens is 546 g/mol. The number of phenols is 2. The van der Waals surface area contributed by atoms with Crippen LogP contribution in [0.25, 0.3) is 0 Å². The van der Waals surface area contributed by atoms with Crippen LogP contribution in [0.5, 0.6) is 11.5 Å². The van der Waals surface area contributed by atoms with Crippen LogP contribution in [0.4, 0.5) is 0 Å². The molecule has 13 nitrogen and oxygen atoms in total. The normalized spacial score (nSPS) is 13.8. The number of hydrogen-bond acceptors (Lipinski definition) is 8. The Hall–Kier alpha value is -4.65. The van der Waals surface area contributed by atoms with Crippen molar-refractivity contribution in [1.29, 1.82) is 0 Å². The van der Waals surface area contributed by atoms with Gasteiger partial charge in [-0.1, -0.05) is 38.1 Å². The number of primary amides is 1. The standard InChI is InChI=1S/C29H39N5O8/c1-16(2)13-23(33-26(38)21(30)14-17-3-7-19(35)8-4-17)28(40)32-22(11-12-25(31)37)27(39)34-24(29(41)42)15-18-5-9-20(36)10-6-18/h3-10,16,21-24,35-36H,11-15,30H2,1-2H3,(H2,31,37)(H,32,40)(H,33,38)(H,34,39)(H,41,42). The van der Waals surface area contributed by atoms with Crippen LogP contribution in [0.1, 0.15) is 44.2 Å². The first kappa shape index (κ1) is 33.6. The molecule has 0 radical (unpaired) electrons. The van der Waals surface area contributed by atoms with E-state index in [0.29, 0.717) is 11.1 Å². The van der Waals surface area contributed by atoms with Gasteiger partial charge in [-0.3, -0.25) is 19.2 Å². The third kappa shape index (κ3) is 11.5. The van der Waals surface area contributed by atoms with Gasteiger partial charge >= 0.3 is 5.97 Å². The van der Waals surface area contributed by atoms with Crippen molar-refractivity contribution < 1.29 is 39.3 Å². The van der Waals surface area contributed by atoms with E-state index in [4.69, 9.17) is 11.5 Å². The SMILES string of the molecule is CC(C)CC(NC(=O)C(N)Cc1ccc(O)cc1)C(=O)NC(CCC(N)=O)C(=O)NC(Cc1ccc(O)cc1)C(=O)O. The predicted octanol–water partition coefficient (Wildman–Crippen LogP) is 0.0609. The molecule has 10 N–H and O–H groups in total. The van der Waals surface area contributed by atoms with E-state index in [1.54, 1.807) is 12.1 Å². The van der Waals surface area contributed by atoms with Gasteiger partial charge in [0.05, 0.1) is 6.04 Å². The van der Waals surface area contributed by atoms with E-state index in [1.807, 2.05) is 13.8 Å². The summed E-state index contributed by atoms with van der Waals surface area (Å²) in [4.78, 5) is 62.7. The molecule has 4 atom stereocenters. The lowest BCUT2D eigenvalue weighted by Crippen LogP contribution is -2.57. The van der Waals surface area contributed by atoms with Crippen LogP contribution >= 0.6 is 0 Å². The molecule has 4 unspecified atom stereocenters. The Morgan fingerprint density at radius 1 is 0.714 bits per heavy atom. The number of aliphatic carboxylic acids is 1. The van der Waals surface area contributed by atoms with E-state index in [2.05, 4.69) is 16.0 Å². The van der Waals surface area contributed by atoms with Gasteiger partial charge in [-0.05, 0) is 60.6 Å². The Bertz CT molecular complexity index is 1230. The summed E-state index contributed by atoms with van der Waals surface area (Å²) in [6.45, 7) is 3.67. The third-order valence-corrected chi connectivity index (χ3v) is 6.37. The van der Waals surface area contributed by atoms with Gasteiger partial charge in [-0.2, -0.15) is 0 Å². The Morgan fingerprint density at radius 3 is 1.64 bits per heavy atom. The molecule has 0 aliphatic rings. The minimum absolute atomic E-state index is 0.00626. The molecule has 228 valence electrons. The molecule has 4 amide bonds. The van der Waals surface area contributed by atoms with Crippen molar-refractivity contribution in [1.82, 2.24) is 16.0 Å². The summed E-state index contributed by atoms with van der Waals surface area (Å²) in [6.07, 6.45) is -0.244. The summed E-state index contributed by atoms with van der Waals surface area (Å²) in [5.41, 5.74) is 12.5. The second-order valence-corrected chi connectivity index (χ2v) is 10.5. The van der Waals surface area contributed by atoms with Crippen LogP contribution in [0.15, 0.2) is 48.5 Å². The number of phenolic OH excluding ortho intramolecular Hbond substituents is 2. The van der Waals surface area contributed by atoms with E-state index in [-0.39, 0.29) is 49.5 Å². The van der Waals surface area contributed by atoms with Crippen LogP contribution < -0.4 is 27.4 Å². The van der Waals surface area contributed by atoms with Gasteiger partial charge in [0.25, 0.3) is 0 Å². The zero-order chi connectivity index (χ0) is 31.4. The Labute approximate surface area is 243 Å². The minimum Gasteiger partial charge on any atom is -0.508 e. The molecule has 0 aromatic heterocycles. The molecule has 2 aromatic carbocycles. The lowest BCUT2D eigenvalue weighted by atomic mass is 10.0. The second kappa shape index (κ2) is 16.0. The molecule has 0 aliphatic heterocycles. The van der Waals surface area contributed by atoms with E-state index < -0.39 is 53.8 Å². The van der Waals surface area contributed by atoms with Crippen molar-refractivity contribution in [2.45, 2.75) is 70.1 Å². The summed E-state index contributed by atoms with van der Waals surface area (Å²) in [6, 6.07) is 7.15. The molecule has 0 saturated carbocycles. The zero-order valence-corrected chi connectivity index (χ0v) is 23.6. The average molecular weight is 586 g/mol.